The summed E-state index contributed by atoms with van der Waals surface area (Å²) in [4.78, 5) is 12.3. The zero-order valence-corrected chi connectivity index (χ0v) is 13.4. The molecule has 23 heavy (non-hydrogen) atoms. The first kappa shape index (κ1) is 18.9. The van der Waals surface area contributed by atoms with Crippen molar-refractivity contribution < 1.29 is 15.0 Å². The van der Waals surface area contributed by atoms with Gasteiger partial charge in [-0.2, -0.15) is 5.10 Å². The molecule has 0 radical (unpaired) electrons. The molecular formula is C13H14Cl2N4O4. The van der Waals surface area contributed by atoms with Gasteiger partial charge in [0.1, 0.15) is 18.8 Å². The lowest BCUT2D eigenvalue weighted by atomic mass is 10.1. The molecule has 0 bridgehead atoms. The lowest BCUT2D eigenvalue weighted by molar-refractivity contribution is -0.742. The van der Waals surface area contributed by atoms with Crippen LogP contribution in [0.25, 0.3) is 0 Å². The number of aromatic nitrogens is 3. The third-order valence-electron chi connectivity index (χ3n) is 2.54. The van der Waals surface area contributed by atoms with E-state index in [1.807, 2.05) is 6.07 Å². The first-order valence-corrected chi connectivity index (χ1v) is 7.02. The van der Waals surface area contributed by atoms with Crippen LogP contribution in [-0.4, -0.2) is 31.7 Å². The molecule has 1 N–H and O–H groups in total. The molecule has 1 unspecified atom stereocenters. The highest BCUT2D eigenvalue weighted by atomic mass is 35.5. The Morgan fingerprint density at radius 3 is 2.74 bits per heavy atom. The fourth-order valence-electron chi connectivity index (χ4n) is 1.68. The third-order valence-corrected chi connectivity index (χ3v) is 3.11. The maximum atomic E-state index is 8.36. The number of rotatable bonds is 6. The highest BCUT2D eigenvalue weighted by Crippen LogP contribution is 2.29. The van der Waals surface area contributed by atoms with E-state index in [1.165, 1.54) is 6.33 Å². The molecule has 0 fully saturated rings. The van der Waals surface area contributed by atoms with Gasteiger partial charge in [0, 0.05) is 15.6 Å². The van der Waals surface area contributed by atoms with Crippen molar-refractivity contribution in [2.75, 3.05) is 6.61 Å². The zero-order valence-electron chi connectivity index (χ0n) is 11.9. The topological polar surface area (TPSA) is 103 Å². The van der Waals surface area contributed by atoms with E-state index in [9.17, 15) is 0 Å². The van der Waals surface area contributed by atoms with Crippen molar-refractivity contribution in [1.82, 2.24) is 14.8 Å². The molecule has 0 spiro atoms. The van der Waals surface area contributed by atoms with Gasteiger partial charge in [-0.3, -0.25) is 4.68 Å². The molecule has 0 amide bonds. The molecule has 10 heteroatoms. The number of benzene rings is 1. The number of hydrogen-bond donors (Lipinski definition) is 1. The lowest BCUT2D eigenvalue weighted by Gasteiger charge is -2.18. The number of halogens is 2. The summed E-state index contributed by atoms with van der Waals surface area (Å²) in [5.41, 5.74) is 0.864. The van der Waals surface area contributed by atoms with Crippen molar-refractivity contribution in [1.29, 1.82) is 0 Å². The maximum absolute atomic E-state index is 8.36. The minimum Gasteiger partial charge on any atom is -0.367 e. The molecule has 1 heterocycles. The first-order chi connectivity index (χ1) is 10.9. The second kappa shape index (κ2) is 9.78. The summed E-state index contributed by atoms with van der Waals surface area (Å²) in [6.45, 7) is 4.60. The van der Waals surface area contributed by atoms with Crippen LogP contribution in [0.5, 0.6) is 0 Å². The highest BCUT2D eigenvalue weighted by Gasteiger charge is 2.16. The van der Waals surface area contributed by atoms with Crippen LogP contribution >= 0.6 is 23.2 Å². The summed E-state index contributed by atoms with van der Waals surface area (Å²) in [6, 6.07) is 5.34. The van der Waals surface area contributed by atoms with Gasteiger partial charge in [0.2, 0.25) is 0 Å². The molecular weight excluding hydrogens is 347 g/mol. The van der Waals surface area contributed by atoms with Crippen LogP contribution in [0.3, 0.4) is 0 Å². The predicted molar refractivity (Wildman–Crippen MR) is 84.2 cm³/mol. The Kier molecular flexibility index (Phi) is 8.03. The zero-order chi connectivity index (χ0) is 17.2. The molecule has 1 aromatic heterocycles. The van der Waals surface area contributed by atoms with E-state index in [-0.39, 0.29) is 6.10 Å². The molecule has 0 aliphatic rings. The fourth-order valence-corrected chi connectivity index (χ4v) is 2.21. The maximum Gasteiger partial charge on any atom is 0.291 e. The van der Waals surface area contributed by atoms with Gasteiger partial charge < -0.3 is 9.94 Å². The Labute approximate surface area is 142 Å². The van der Waals surface area contributed by atoms with Crippen molar-refractivity contribution in [2.45, 2.75) is 12.6 Å². The van der Waals surface area contributed by atoms with Crippen molar-refractivity contribution in [3.05, 3.63) is 69.2 Å². The van der Waals surface area contributed by atoms with E-state index in [2.05, 4.69) is 16.7 Å². The second-order valence-corrected chi connectivity index (χ2v) is 4.98. The SMILES string of the molecule is C=CCOC(Cn1cncn1)c1ccc(Cl)cc1Cl.O=[N+]([O-])O. The van der Waals surface area contributed by atoms with Crippen LogP contribution < -0.4 is 0 Å². The predicted octanol–water partition coefficient (Wildman–Crippen LogP) is 3.18. The Morgan fingerprint density at radius 2 is 2.22 bits per heavy atom. The van der Waals surface area contributed by atoms with E-state index < -0.39 is 5.09 Å². The first-order valence-electron chi connectivity index (χ1n) is 6.27. The Balaban J connectivity index is 0.000000593. The summed E-state index contributed by atoms with van der Waals surface area (Å²) < 4.78 is 7.43. The minimum absolute atomic E-state index is 0.232. The van der Waals surface area contributed by atoms with Crippen LogP contribution in [-0.2, 0) is 11.3 Å². The molecule has 124 valence electrons. The Morgan fingerprint density at radius 1 is 1.52 bits per heavy atom. The van der Waals surface area contributed by atoms with Crippen molar-refractivity contribution in [3.8, 4) is 0 Å². The second-order valence-electron chi connectivity index (χ2n) is 4.13. The van der Waals surface area contributed by atoms with Gasteiger partial charge in [-0.05, 0) is 12.1 Å². The average molecular weight is 361 g/mol. The van der Waals surface area contributed by atoms with Crippen molar-refractivity contribution >= 4 is 23.2 Å². The van der Waals surface area contributed by atoms with Gasteiger partial charge >= 0.3 is 0 Å². The fraction of sp³-hybridized carbons (Fsp3) is 0.231. The smallest absolute Gasteiger partial charge is 0.291 e. The molecule has 0 aliphatic carbocycles. The number of ether oxygens (including phenoxy) is 1. The van der Waals surface area contributed by atoms with Crippen LogP contribution in [0, 0.1) is 10.1 Å². The average Bonchev–Trinajstić information content (AvgIpc) is 2.96. The number of nitrogens with zero attached hydrogens (tertiary/aromatic N) is 4. The summed E-state index contributed by atoms with van der Waals surface area (Å²) in [5, 5.41) is 18.9. The van der Waals surface area contributed by atoms with E-state index in [1.54, 1.807) is 29.2 Å². The molecule has 0 saturated heterocycles. The number of hydrogen-bond acceptors (Lipinski definition) is 5. The summed E-state index contributed by atoms with van der Waals surface area (Å²) >= 11 is 12.1. The summed E-state index contributed by atoms with van der Waals surface area (Å²) in [7, 11) is 0. The standard InChI is InChI=1S/C13H13Cl2N3O.HNO3/c1-2-5-19-13(7-18-9-16-8-17-18)11-4-3-10(14)6-12(11)15;2-1(3)4/h2-4,6,8-9,13H,1,5,7H2;(H,2,3,4). The molecule has 2 aromatic rings. The van der Waals surface area contributed by atoms with Gasteiger partial charge in [-0.15, -0.1) is 16.7 Å². The van der Waals surface area contributed by atoms with E-state index in [4.69, 9.17) is 43.3 Å². The van der Waals surface area contributed by atoms with Crippen LogP contribution in [0.4, 0.5) is 0 Å². The summed E-state index contributed by atoms with van der Waals surface area (Å²) in [6.07, 6.45) is 4.57. The molecule has 0 saturated carbocycles. The van der Waals surface area contributed by atoms with Gasteiger partial charge in [0.25, 0.3) is 5.09 Å². The van der Waals surface area contributed by atoms with Gasteiger partial charge in [-0.1, -0.05) is 35.3 Å². The third kappa shape index (κ3) is 7.09. The molecule has 1 atom stereocenters. The van der Waals surface area contributed by atoms with Crippen molar-refractivity contribution in [2.24, 2.45) is 0 Å². The van der Waals surface area contributed by atoms with Gasteiger partial charge in [-0.25, -0.2) is 4.98 Å². The van der Waals surface area contributed by atoms with E-state index in [0.717, 1.165) is 5.56 Å². The molecule has 1 aromatic carbocycles. The van der Waals surface area contributed by atoms with Crippen LogP contribution in [0.1, 0.15) is 11.7 Å². The molecule has 8 nitrogen and oxygen atoms in total. The normalized spacial score (nSPS) is 11.2. The monoisotopic (exact) mass is 360 g/mol. The van der Waals surface area contributed by atoms with E-state index >= 15 is 0 Å². The largest absolute Gasteiger partial charge is 0.367 e. The Bertz CT molecular complexity index is 633. The minimum atomic E-state index is -1.50. The molecule has 2 rings (SSSR count). The van der Waals surface area contributed by atoms with Crippen LogP contribution in [0.15, 0.2) is 43.5 Å². The summed E-state index contributed by atoms with van der Waals surface area (Å²) in [5.74, 6) is 0. The highest BCUT2D eigenvalue weighted by molar-refractivity contribution is 6.35. The van der Waals surface area contributed by atoms with Gasteiger partial charge in [0.05, 0.1) is 13.2 Å². The van der Waals surface area contributed by atoms with Gasteiger partial charge in [0.15, 0.2) is 0 Å². The molecule has 0 aliphatic heterocycles. The van der Waals surface area contributed by atoms with E-state index in [0.29, 0.717) is 23.2 Å². The Hall–Kier alpha value is -2.16. The van der Waals surface area contributed by atoms with Crippen molar-refractivity contribution in [3.63, 3.8) is 0 Å². The lowest BCUT2D eigenvalue weighted by Crippen LogP contribution is -2.14. The quantitative estimate of drug-likeness (QED) is 0.482. The van der Waals surface area contributed by atoms with Crippen LogP contribution in [0.2, 0.25) is 10.0 Å².